The number of carbonyl (C=O) groups excluding carboxylic acids is 1. The lowest BCUT2D eigenvalue weighted by Crippen LogP contribution is -2.27. The number of nitrogens with zero attached hydrogens (tertiary/aromatic N) is 1. The average molecular weight is 306 g/mol. The van der Waals surface area contributed by atoms with Crippen molar-refractivity contribution in [2.24, 2.45) is 0 Å². The molecule has 0 spiro atoms. The third kappa shape index (κ3) is 2.54. The molecule has 2 nitrogen and oxygen atoms in total. The standard InChI is InChI=1S/C16H13Cl2NO/c17-12-3-1-11(2-4-12)15-9-10-16(20)19(15)14-7-5-13(18)6-8-14/h1-8,15H,9-10H2. The second-order valence-corrected chi connectivity index (χ2v) is 5.72. The zero-order chi connectivity index (χ0) is 14.1. The van der Waals surface area contributed by atoms with E-state index < -0.39 is 0 Å². The second-order valence-electron chi connectivity index (χ2n) is 4.85. The summed E-state index contributed by atoms with van der Waals surface area (Å²) in [4.78, 5) is 14.0. The lowest BCUT2D eigenvalue weighted by atomic mass is 10.0. The Morgan fingerprint density at radius 1 is 0.900 bits per heavy atom. The molecule has 1 heterocycles. The van der Waals surface area contributed by atoms with E-state index in [4.69, 9.17) is 23.2 Å². The van der Waals surface area contributed by atoms with Gasteiger partial charge in [0.2, 0.25) is 5.91 Å². The van der Waals surface area contributed by atoms with Crippen molar-refractivity contribution in [1.82, 2.24) is 0 Å². The number of carbonyl (C=O) groups is 1. The van der Waals surface area contributed by atoms with Crippen molar-refractivity contribution in [1.29, 1.82) is 0 Å². The summed E-state index contributed by atoms with van der Waals surface area (Å²) in [7, 11) is 0. The molecule has 20 heavy (non-hydrogen) atoms. The Hall–Kier alpha value is -1.51. The van der Waals surface area contributed by atoms with Crippen molar-refractivity contribution >= 4 is 34.8 Å². The van der Waals surface area contributed by atoms with Crippen molar-refractivity contribution in [2.75, 3.05) is 4.90 Å². The van der Waals surface area contributed by atoms with Gasteiger partial charge in [-0.25, -0.2) is 0 Å². The maximum atomic E-state index is 12.2. The molecule has 0 radical (unpaired) electrons. The second kappa shape index (κ2) is 5.47. The van der Waals surface area contributed by atoms with Crippen LogP contribution < -0.4 is 4.90 Å². The largest absolute Gasteiger partial charge is 0.305 e. The summed E-state index contributed by atoms with van der Waals surface area (Å²) in [6.45, 7) is 0. The van der Waals surface area contributed by atoms with Gasteiger partial charge < -0.3 is 4.90 Å². The Morgan fingerprint density at radius 3 is 2.05 bits per heavy atom. The molecule has 0 aliphatic carbocycles. The molecule has 2 aromatic rings. The van der Waals surface area contributed by atoms with E-state index in [0.29, 0.717) is 16.5 Å². The molecule has 0 N–H and O–H groups in total. The molecule has 1 amide bonds. The van der Waals surface area contributed by atoms with Crippen LogP contribution in [0.25, 0.3) is 0 Å². The van der Waals surface area contributed by atoms with Gasteiger partial charge in [0.25, 0.3) is 0 Å². The smallest absolute Gasteiger partial charge is 0.227 e. The summed E-state index contributed by atoms with van der Waals surface area (Å²) >= 11 is 11.8. The number of benzene rings is 2. The van der Waals surface area contributed by atoms with Gasteiger partial charge in [-0.05, 0) is 48.4 Å². The fourth-order valence-corrected chi connectivity index (χ4v) is 2.86. The van der Waals surface area contributed by atoms with Crippen LogP contribution in [0.1, 0.15) is 24.4 Å². The molecule has 0 aromatic heterocycles. The summed E-state index contributed by atoms with van der Waals surface area (Å²) in [6.07, 6.45) is 1.39. The molecule has 0 saturated carbocycles. The van der Waals surface area contributed by atoms with Crippen LogP contribution in [-0.4, -0.2) is 5.91 Å². The first-order valence-corrected chi connectivity index (χ1v) is 7.24. The van der Waals surface area contributed by atoms with Crippen molar-refractivity contribution in [3.8, 4) is 0 Å². The average Bonchev–Trinajstić information content (AvgIpc) is 2.83. The first-order chi connectivity index (χ1) is 9.65. The predicted octanol–water partition coefficient (Wildman–Crippen LogP) is 4.86. The molecular weight excluding hydrogens is 293 g/mol. The van der Waals surface area contributed by atoms with Crippen LogP contribution in [0.4, 0.5) is 5.69 Å². The highest BCUT2D eigenvalue weighted by Crippen LogP contribution is 2.37. The molecule has 1 aliphatic rings. The van der Waals surface area contributed by atoms with Crippen LogP contribution in [0.5, 0.6) is 0 Å². The third-order valence-corrected chi connectivity index (χ3v) is 4.08. The van der Waals surface area contributed by atoms with Crippen LogP contribution in [0.15, 0.2) is 48.5 Å². The monoisotopic (exact) mass is 305 g/mol. The van der Waals surface area contributed by atoms with E-state index in [0.717, 1.165) is 17.7 Å². The zero-order valence-corrected chi connectivity index (χ0v) is 12.2. The first kappa shape index (κ1) is 13.5. The molecule has 102 valence electrons. The van der Waals surface area contributed by atoms with Gasteiger partial charge in [-0.1, -0.05) is 35.3 Å². The lowest BCUT2D eigenvalue weighted by molar-refractivity contribution is -0.117. The molecule has 2 aromatic carbocycles. The van der Waals surface area contributed by atoms with E-state index in [-0.39, 0.29) is 11.9 Å². The number of amides is 1. The van der Waals surface area contributed by atoms with Crippen LogP contribution in [-0.2, 0) is 4.79 Å². The molecule has 4 heteroatoms. The van der Waals surface area contributed by atoms with Crippen LogP contribution >= 0.6 is 23.2 Å². The maximum Gasteiger partial charge on any atom is 0.227 e. The number of halogens is 2. The summed E-state index contributed by atoms with van der Waals surface area (Å²) in [5.41, 5.74) is 1.99. The van der Waals surface area contributed by atoms with Crippen LogP contribution in [0.3, 0.4) is 0 Å². The fourth-order valence-electron chi connectivity index (χ4n) is 2.61. The van der Waals surface area contributed by atoms with Gasteiger partial charge in [-0.3, -0.25) is 4.79 Å². The maximum absolute atomic E-state index is 12.2. The Morgan fingerprint density at radius 2 is 1.45 bits per heavy atom. The Kier molecular flexibility index (Phi) is 3.68. The Bertz CT molecular complexity index is 622. The minimum absolute atomic E-state index is 0.0703. The molecule has 1 saturated heterocycles. The van der Waals surface area contributed by atoms with E-state index in [2.05, 4.69) is 0 Å². The zero-order valence-electron chi connectivity index (χ0n) is 10.7. The summed E-state index contributed by atoms with van der Waals surface area (Å²) in [6, 6.07) is 15.1. The van der Waals surface area contributed by atoms with E-state index in [1.54, 1.807) is 12.1 Å². The lowest BCUT2D eigenvalue weighted by Gasteiger charge is -2.25. The number of rotatable bonds is 2. The van der Waals surface area contributed by atoms with Crippen molar-refractivity contribution in [2.45, 2.75) is 18.9 Å². The van der Waals surface area contributed by atoms with Gasteiger partial charge in [0.15, 0.2) is 0 Å². The highest BCUT2D eigenvalue weighted by atomic mass is 35.5. The SMILES string of the molecule is O=C1CCC(c2ccc(Cl)cc2)N1c1ccc(Cl)cc1. The van der Waals surface area contributed by atoms with E-state index in [1.165, 1.54) is 0 Å². The van der Waals surface area contributed by atoms with Gasteiger partial charge in [-0.2, -0.15) is 0 Å². The minimum Gasteiger partial charge on any atom is -0.305 e. The molecule has 1 aliphatic heterocycles. The van der Waals surface area contributed by atoms with Crippen LogP contribution in [0, 0.1) is 0 Å². The van der Waals surface area contributed by atoms with Gasteiger partial charge in [-0.15, -0.1) is 0 Å². The summed E-state index contributed by atoms with van der Waals surface area (Å²) < 4.78 is 0. The quantitative estimate of drug-likeness (QED) is 0.776. The van der Waals surface area contributed by atoms with Gasteiger partial charge >= 0.3 is 0 Å². The first-order valence-electron chi connectivity index (χ1n) is 6.48. The predicted molar refractivity (Wildman–Crippen MR) is 82.4 cm³/mol. The Labute approximate surface area is 127 Å². The van der Waals surface area contributed by atoms with Crippen molar-refractivity contribution < 1.29 is 4.79 Å². The van der Waals surface area contributed by atoms with Crippen molar-refractivity contribution in [3.05, 3.63) is 64.1 Å². The summed E-state index contributed by atoms with van der Waals surface area (Å²) in [5.74, 6) is 0.146. The number of hydrogen-bond donors (Lipinski definition) is 0. The van der Waals surface area contributed by atoms with E-state index in [9.17, 15) is 4.79 Å². The summed E-state index contributed by atoms with van der Waals surface area (Å²) in [5, 5.41) is 1.37. The van der Waals surface area contributed by atoms with E-state index in [1.807, 2.05) is 41.3 Å². The molecule has 0 bridgehead atoms. The molecule has 1 fully saturated rings. The fraction of sp³-hybridized carbons (Fsp3) is 0.188. The highest BCUT2D eigenvalue weighted by Gasteiger charge is 2.33. The van der Waals surface area contributed by atoms with Gasteiger partial charge in [0.05, 0.1) is 6.04 Å². The Balaban J connectivity index is 1.96. The molecular formula is C16H13Cl2NO. The third-order valence-electron chi connectivity index (χ3n) is 3.57. The normalized spacial score (nSPS) is 18.6. The number of hydrogen-bond acceptors (Lipinski definition) is 1. The van der Waals surface area contributed by atoms with Crippen molar-refractivity contribution in [3.63, 3.8) is 0 Å². The van der Waals surface area contributed by atoms with E-state index >= 15 is 0 Å². The highest BCUT2D eigenvalue weighted by molar-refractivity contribution is 6.30. The molecule has 3 rings (SSSR count). The van der Waals surface area contributed by atoms with Gasteiger partial charge in [0, 0.05) is 22.2 Å². The van der Waals surface area contributed by atoms with Crippen LogP contribution in [0.2, 0.25) is 10.0 Å². The molecule has 1 unspecified atom stereocenters. The number of anilines is 1. The molecule has 1 atom stereocenters. The van der Waals surface area contributed by atoms with Gasteiger partial charge in [0.1, 0.15) is 0 Å². The topological polar surface area (TPSA) is 20.3 Å². The minimum atomic E-state index is 0.0703.